The zero-order valence-corrected chi connectivity index (χ0v) is 18.8. The molecule has 1 saturated heterocycles. The van der Waals surface area contributed by atoms with Crippen LogP contribution in [0.3, 0.4) is 0 Å². The summed E-state index contributed by atoms with van der Waals surface area (Å²) in [6.07, 6.45) is 0.128. The summed E-state index contributed by atoms with van der Waals surface area (Å²) in [5, 5.41) is 0. The van der Waals surface area contributed by atoms with Gasteiger partial charge in [0.2, 0.25) is 0 Å². The van der Waals surface area contributed by atoms with Gasteiger partial charge in [0.25, 0.3) is 10.0 Å². The highest BCUT2D eigenvalue weighted by Crippen LogP contribution is 2.37. The highest BCUT2D eigenvalue weighted by atomic mass is 32.2. The molecule has 0 spiro atoms. The first-order chi connectivity index (χ1) is 14.8. The van der Waals surface area contributed by atoms with E-state index in [-0.39, 0.29) is 16.4 Å². The molecule has 1 unspecified atom stereocenters. The summed E-state index contributed by atoms with van der Waals surface area (Å²) in [5.74, 6) is 0.688. The minimum Gasteiger partial charge on any atom is -0.490 e. The number of hydrogen-bond donors (Lipinski definition) is 0. The zero-order valence-electron chi connectivity index (χ0n) is 18.0. The molecule has 31 heavy (non-hydrogen) atoms. The van der Waals surface area contributed by atoms with Gasteiger partial charge in [-0.1, -0.05) is 57.2 Å². The van der Waals surface area contributed by atoms with Crippen molar-refractivity contribution >= 4 is 21.4 Å². The first-order valence-corrected chi connectivity index (χ1v) is 11.8. The third-order valence-electron chi connectivity index (χ3n) is 5.11. The number of benzene rings is 3. The molecule has 0 saturated carbocycles. The summed E-state index contributed by atoms with van der Waals surface area (Å²) in [6.45, 7) is 7.32. The standard InChI is InChI=1S/C25H27NO4S/c1-25(2,3)23-16-22(14-15-24(23)30-18-21-17-29-21)31(27,28)26(19-10-6-4-7-11-19)20-12-8-5-9-13-20/h4-16,21H,17-18H2,1-3H3. The lowest BCUT2D eigenvalue weighted by atomic mass is 9.86. The Morgan fingerprint density at radius 1 is 0.935 bits per heavy atom. The fourth-order valence-electron chi connectivity index (χ4n) is 3.39. The number of anilines is 2. The Morgan fingerprint density at radius 3 is 1.97 bits per heavy atom. The van der Waals surface area contributed by atoms with Gasteiger partial charge in [-0.2, -0.15) is 0 Å². The molecule has 0 aromatic heterocycles. The number of ether oxygens (including phenoxy) is 2. The van der Waals surface area contributed by atoms with E-state index in [9.17, 15) is 8.42 Å². The molecule has 0 aliphatic carbocycles. The monoisotopic (exact) mass is 437 g/mol. The molecule has 1 fully saturated rings. The van der Waals surface area contributed by atoms with E-state index in [0.717, 1.165) is 5.56 Å². The highest BCUT2D eigenvalue weighted by molar-refractivity contribution is 7.93. The molecule has 5 nitrogen and oxygen atoms in total. The van der Waals surface area contributed by atoms with Crippen molar-refractivity contribution in [2.24, 2.45) is 0 Å². The van der Waals surface area contributed by atoms with Crippen molar-refractivity contribution in [3.63, 3.8) is 0 Å². The Hall–Kier alpha value is -2.83. The van der Waals surface area contributed by atoms with Gasteiger partial charge in [0.15, 0.2) is 0 Å². The Balaban J connectivity index is 1.80. The second-order valence-corrected chi connectivity index (χ2v) is 10.4. The number of hydrogen-bond acceptors (Lipinski definition) is 4. The topological polar surface area (TPSA) is 59.1 Å². The summed E-state index contributed by atoms with van der Waals surface area (Å²) in [4.78, 5) is 0.222. The van der Waals surface area contributed by atoms with Crippen LogP contribution in [-0.2, 0) is 20.2 Å². The first-order valence-electron chi connectivity index (χ1n) is 10.3. The molecular formula is C25H27NO4S. The Kier molecular flexibility index (Phi) is 5.77. The Labute approximate surface area is 184 Å². The van der Waals surface area contributed by atoms with Crippen LogP contribution in [0.4, 0.5) is 11.4 Å². The van der Waals surface area contributed by atoms with Crippen LogP contribution in [0.1, 0.15) is 26.3 Å². The predicted octanol–water partition coefficient (Wildman–Crippen LogP) is 5.29. The molecule has 1 heterocycles. The molecule has 1 aliphatic rings. The van der Waals surface area contributed by atoms with E-state index in [0.29, 0.717) is 30.3 Å². The van der Waals surface area contributed by atoms with Crippen molar-refractivity contribution in [1.29, 1.82) is 0 Å². The lowest BCUT2D eigenvalue weighted by Gasteiger charge is -2.27. The van der Waals surface area contributed by atoms with Gasteiger partial charge in [-0.05, 0) is 47.9 Å². The quantitative estimate of drug-likeness (QED) is 0.471. The van der Waals surface area contributed by atoms with Crippen molar-refractivity contribution in [3.05, 3.63) is 84.4 Å². The average Bonchev–Trinajstić information content (AvgIpc) is 3.57. The van der Waals surface area contributed by atoms with E-state index < -0.39 is 10.0 Å². The van der Waals surface area contributed by atoms with Gasteiger partial charge in [-0.3, -0.25) is 0 Å². The van der Waals surface area contributed by atoms with Crippen molar-refractivity contribution in [3.8, 4) is 5.75 Å². The van der Waals surface area contributed by atoms with E-state index in [1.54, 1.807) is 42.5 Å². The van der Waals surface area contributed by atoms with Crippen LogP contribution in [0.2, 0.25) is 0 Å². The van der Waals surface area contributed by atoms with Crippen LogP contribution < -0.4 is 9.04 Å². The molecule has 1 atom stereocenters. The van der Waals surface area contributed by atoms with E-state index in [4.69, 9.17) is 9.47 Å². The number of nitrogens with zero attached hydrogens (tertiary/aromatic N) is 1. The maximum absolute atomic E-state index is 13.9. The molecule has 6 heteroatoms. The van der Waals surface area contributed by atoms with Crippen LogP contribution in [0.5, 0.6) is 5.75 Å². The van der Waals surface area contributed by atoms with Crippen molar-refractivity contribution in [1.82, 2.24) is 0 Å². The van der Waals surface area contributed by atoms with Gasteiger partial charge < -0.3 is 9.47 Å². The number of sulfonamides is 1. The van der Waals surface area contributed by atoms with Gasteiger partial charge in [0.05, 0.1) is 22.9 Å². The minimum atomic E-state index is -3.87. The SMILES string of the molecule is CC(C)(C)c1cc(S(=O)(=O)N(c2ccccc2)c2ccccc2)ccc1OCC1CO1. The molecule has 3 aromatic carbocycles. The average molecular weight is 438 g/mol. The molecular weight excluding hydrogens is 410 g/mol. The molecule has 0 bridgehead atoms. The maximum atomic E-state index is 13.9. The molecule has 162 valence electrons. The predicted molar refractivity (Wildman–Crippen MR) is 123 cm³/mol. The normalized spacial score (nSPS) is 16.0. The smallest absolute Gasteiger partial charge is 0.268 e. The summed E-state index contributed by atoms with van der Waals surface area (Å²) >= 11 is 0. The molecule has 4 rings (SSSR count). The van der Waals surface area contributed by atoms with Gasteiger partial charge in [0, 0.05) is 5.56 Å². The van der Waals surface area contributed by atoms with Gasteiger partial charge in [-0.15, -0.1) is 0 Å². The van der Waals surface area contributed by atoms with Crippen molar-refractivity contribution in [2.75, 3.05) is 17.5 Å². The third kappa shape index (κ3) is 4.75. The van der Waals surface area contributed by atoms with Crippen LogP contribution in [-0.4, -0.2) is 27.7 Å². The van der Waals surface area contributed by atoms with Crippen LogP contribution in [0, 0.1) is 0 Å². The van der Waals surface area contributed by atoms with E-state index in [1.165, 1.54) is 4.31 Å². The van der Waals surface area contributed by atoms with Crippen LogP contribution in [0.15, 0.2) is 83.8 Å². The van der Waals surface area contributed by atoms with Crippen LogP contribution in [0.25, 0.3) is 0 Å². The maximum Gasteiger partial charge on any atom is 0.268 e. The Morgan fingerprint density at radius 2 is 1.48 bits per heavy atom. The van der Waals surface area contributed by atoms with E-state index in [2.05, 4.69) is 0 Å². The third-order valence-corrected chi connectivity index (χ3v) is 6.86. The minimum absolute atomic E-state index is 0.128. The summed E-state index contributed by atoms with van der Waals surface area (Å²) in [5.41, 5.74) is 1.71. The number of para-hydroxylation sites is 2. The summed E-state index contributed by atoms with van der Waals surface area (Å²) < 4.78 is 40.3. The van der Waals surface area contributed by atoms with Gasteiger partial charge in [-0.25, -0.2) is 12.7 Å². The lowest BCUT2D eigenvalue weighted by molar-refractivity contribution is 0.258. The summed E-state index contributed by atoms with van der Waals surface area (Å²) in [7, 11) is -3.87. The van der Waals surface area contributed by atoms with Gasteiger partial charge in [0.1, 0.15) is 18.5 Å². The van der Waals surface area contributed by atoms with E-state index >= 15 is 0 Å². The van der Waals surface area contributed by atoms with Crippen molar-refractivity contribution in [2.45, 2.75) is 37.2 Å². The number of epoxide rings is 1. The molecule has 0 radical (unpaired) electrons. The number of rotatable bonds is 7. The largest absolute Gasteiger partial charge is 0.490 e. The zero-order chi connectivity index (χ0) is 22.1. The molecule has 0 N–H and O–H groups in total. The van der Waals surface area contributed by atoms with Gasteiger partial charge >= 0.3 is 0 Å². The molecule has 3 aromatic rings. The van der Waals surface area contributed by atoms with E-state index in [1.807, 2.05) is 57.2 Å². The van der Waals surface area contributed by atoms with Crippen LogP contribution >= 0.6 is 0 Å². The lowest BCUT2D eigenvalue weighted by Crippen LogP contribution is -2.27. The Bertz CT molecular complexity index is 1100. The summed E-state index contributed by atoms with van der Waals surface area (Å²) in [6, 6.07) is 23.3. The fraction of sp³-hybridized carbons (Fsp3) is 0.280. The molecule has 0 amide bonds. The second-order valence-electron chi connectivity index (χ2n) is 8.61. The van der Waals surface area contributed by atoms with Crippen molar-refractivity contribution < 1.29 is 17.9 Å². The first kappa shape index (κ1) is 21.4. The second kappa shape index (κ2) is 8.36. The fourth-order valence-corrected chi connectivity index (χ4v) is 4.90. The molecule has 1 aliphatic heterocycles. The highest BCUT2D eigenvalue weighted by Gasteiger charge is 2.30.